The molecule has 2 aliphatic heterocycles. The normalized spacial score (nSPS) is 31.4. The average Bonchev–Trinajstić information content (AvgIpc) is 2.41. The number of likely N-dealkylation sites (tertiary alicyclic amines) is 2. The highest BCUT2D eigenvalue weighted by atomic mass is 15.2. The minimum Gasteiger partial charge on any atom is -0.303 e. The monoisotopic (exact) mass is 280 g/mol. The Morgan fingerprint density at radius 3 is 2.10 bits per heavy atom. The quantitative estimate of drug-likeness (QED) is 0.774. The molecular weight excluding hydrogens is 244 g/mol. The molecule has 2 aliphatic rings. The first-order chi connectivity index (χ1) is 9.47. The summed E-state index contributed by atoms with van der Waals surface area (Å²) in [4.78, 5) is 5.41. The predicted octanol–water partition coefficient (Wildman–Crippen LogP) is 3.72. The van der Waals surface area contributed by atoms with Crippen molar-refractivity contribution < 1.29 is 0 Å². The summed E-state index contributed by atoms with van der Waals surface area (Å²) >= 11 is 0. The van der Waals surface area contributed by atoms with Crippen LogP contribution in [0.4, 0.5) is 0 Å². The van der Waals surface area contributed by atoms with E-state index >= 15 is 0 Å². The molecule has 2 rings (SSSR count). The molecule has 0 aromatic heterocycles. The van der Waals surface area contributed by atoms with Gasteiger partial charge in [0.1, 0.15) is 0 Å². The van der Waals surface area contributed by atoms with Crippen molar-refractivity contribution in [3.63, 3.8) is 0 Å². The molecule has 0 aliphatic carbocycles. The van der Waals surface area contributed by atoms with Crippen LogP contribution in [0.25, 0.3) is 0 Å². The number of nitrogens with zero attached hydrogens (tertiary/aromatic N) is 2. The van der Waals surface area contributed by atoms with Crippen LogP contribution < -0.4 is 0 Å². The summed E-state index contributed by atoms with van der Waals surface area (Å²) in [6, 6.07) is 0.722. The smallest absolute Gasteiger partial charge is 0.00387 e. The highest BCUT2D eigenvalue weighted by Gasteiger charge is 2.30. The summed E-state index contributed by atoms with van der Waals surface area (Å²) in [5.74, 6) is 3.66. The molecule has 2 nitrogen and oxygen atoms in total. The molecule has 0 N–H and O–H groups in total. The fraction of sp³-hybridized carbons (Fsp3) is 1.00. The number of piperidine rings is 2. The molecule has 0 aromatic rings. The van der Waals surface area contributed by atoms with Crippen molar-refractivity contribution in [1.82, 2.24) is 9.80 Å². The number of rotatable bonds is 4. The Bertz CT molecular complexity index is 279. The van der Waals surface area contributed by atoms with Crippen LogP contribution >= 0.6 is 0 Å². The van der Waals surface area contributed by atoms with Gasteiger partial charge in [0.25, 0.3) is 0 Å². The van der Waals surface area contributed by atoms with Gasteiger partial charge in [-0.25, -0.2) is 0 Å². The fourth-order valence-electron chi connectivity index (χ4n) is 4.10. The van der Waals surface area contributed by atoms with Crippen LogP contribution in [-0.2, 0) is 0 Å². The van der Waals surface area contributed by atoms with Crippen LogP contribution in [0.3, 0.4) is 0 Å². The van der Waals surface area contributed by atoms with Crippen molar-refractivity contribution >= 4 is 0 Å². The molecule has 2 heterocycles. The molecule has 0 spiro atoms. The Kier molecular flexibility index (Phi) is 5.92. The molecule has 0 bridgehead atoms. The molecule has 2 heteroatoms. The summed E-state index contributed by atoms with van der Waals surface area (Å²) < 4.78 is 0. The number of hydrogen-bond donors (Lipinski definition) is 0. The van der Waals surface area contributed by atoms with E-state index in [1.807, 2.05) is 0 Å². The highest BCUT2D eigenvalue weighted by Crippen LogP contribution is 2.29. The van der Waals surface area contributed by atoms with Crippen LogP contribution in [0.2, 0.25) is 0 Å². The van der Waals surface area contributed by atoms with Gasteiger partial charge in [-0.15, -0.1) is 0 Å². The average molecular weight is 281 g/mol. The lowest BCUT2D eigenvalue weighted by Gasteiger charge is -2.42. The van der Waals surface area contributed by atoms with Gasteiger partial charge < -0.3 is 9.80 Å². The zero-order chi connectivity index (χ0) is 14.7. The SMILES string of the molecule is CC(C)C1CCN(C[C@H]2CCN(C(C)C)C[C@@H]2C)CC1. The largest absolute Gasteiger partial charge is 0.303 e. The van der Waals surface area contributed by atoms with E-state index < -0.39 is 0 Å². The van der Waals surface area contributed by atoms with Crippen LogP contribution in [0.5, 0.6) is 0 Å². The molecule has 2 atom stereocenters. The van der Waals surface area contributed by atoms with E-state index in [1.165, 1.54) is 52.0 Å². The molecule has 0 aromatic carbocycles. The van der Waals surface area contributed by atoms with E-state index in [2.05, 4.69) is 44.4 Å². The molecule has 2 fully saturated rings. The Balaban J connectivity index is 1.75. The predicted molar refractivity (Wildman–Crippen MR) is 88.0 cm³/mol. The molecule has 2 saturated heterocycles. The van der Waals surface area contributed by atoms with E-state index in [-0.39, 0.29) is 0 Å². The third-order valence-corrected chi connectivity index (χ3v) is 5.91. The van der Waals surface area contributed by atoms with E-state index in [1.54, 1.807) is 0 Å². The maximum absolute atomic E-state index is 2.76. The summed E-state index contributed by atoms with van der Waals surface area (Å²) in [5.41, 5.74) is 0. The van der Waals surface area contributed by atoms with Gasteiger partial charge in [-0.3, -0.25) is 0 Å². The van der Waals surface area contributed by atoms with E-state index in [4.69, 9.17) is 0 Å². The summed E-state index contributed by atoms with van der Waals surface area (Å²) in [6.45, 7) is 18.6. The van der Waals surface area contributed by atoms with E-state index in [0.717, 1.165) is 29.7 Å². The first-order valence-electron chi connectivity index (χ1n) is 8.93. The van der Waals surface area contributed by atoms with Crippen LogP contribution in [0.1, 0.15) is 53.9 Å². The van der Waals surface area contributed by atoms with Crippen LogP contribution in [0.15, 0.2) is 0 Å². The van der Waals surface area contributed by atoms with Gasteiger partial charge in [-0.05, 0) is 76.4 Å². The Morgan fingerprint density at radius 1 is 0.950 bits per heavy atom. The van der Waals surface area contributed by atoms with E-state index in [0.29, 0.717) is 0 Å². The molecule has 0 saturated carbocycles. The molecule has 118 valence electrons. The second kappa shape index (κ2) is 7.26. The number of hydrogen-bond acceptors (Lipinski definition) is 2. The Labute approximate surface area is 126 Å². The summed E-state index contributed by atoms with van der Waals surface area (Å²) in [6.07, 6.45) is 4.26. The second-order valence-corrected chi connectivity index (χ2v) is 8.00. The zero-order valence-corrected chi connectivity index (χ0v) is 14.4. The van der Waals surface area contributed by atoms with Crippen molar-refractivity contribution in [3.05, 3.63) is 0 Å². The van der Waals surface area contributed by atoms with Gasteiger partial charge in [0.05, 0.1) is 0 Å². The molecule has 0 amide bonds. The van der Waals surface area contributed by atoms with Crippen molar-refractivity contribution in [3.8, 4) is 0 Å². The van der Waals surface area contributed by atoms with Gasteiger partial charge in [0.2, 0.25) is 0 Å². The second-order valence-electron chi connectivity index (χ2n) is 8.00. The molecule has 0 unspecified atom stereocenters. The maximum Gasteiger partial charge on any atom is 0.00387 e. The summed E-state index contributed by atoms with van der Waals surface area (Å²) in [7, 11) is 0. The van der Waals surface area contributed by atoms with Crippen molar-refractivity contribution in [2.75, 3.05) is 32.7 Å². The Hall–Kier alpha value is -0.0800. The van der Waals surface area contributed by atoms with Gasteiger partial charge >= 0.3 is 0 Å². The van der Waals surface area contributed by atoms with Crippen molar-refractivity contribution in [2.24, 2.45) is 23.7 Å². The van der Waals surface area contributed by atoms with Gasteiger partial charge in [-0.1, -0.05) is 20.8 Å². The lowest BCUT2D eigenvalue weighted by atomic mass is 9.83. The first-order valence-corrected chi connectivity index (χ1v) is 8.93. The minimum atomic E-state index is 0.722. The Morgan fingerprint density at radius 2 is 1.60 bits per heavy atom. The van der Waals surface area contributed by atoms with Crippen LogP contribution in [0, 0.1) is 23.7 Å². The lowest BCUT2D eigenvalue weighted by molar-refractivity contribution is 0.0632. The molecule has 20 heavy (non-hydrogen) atoms. The van der Waals surface area contributed by atoms with Gasteiger partial charge in [-0.2, -0.15) is 0 Å². The molecular formula is C18H36N2. The van der Waals surface area contributed by atoms with Gasteiger partial charge in [0.15, 0.2) is 0 Å². The van der Waals surface area contributed by atoms with Crippen molar-refractivity contribution in [1.29, 1.82) is 0 Å². The summed E-state index contributed by atoms with van der Waals surface area (Å²) in [5, 5.41) is 0. The standard InChI is InChI=1S/C18H36N2/c1-14(2)17-6-9-19(10-7-17)13-18-8-11-20(15(3)4)12-16(18)5/h14-18H,6-13H2,1-5H3/t16-,18+/m0/s1. The highest BCUT2D eigenvalue weighted by molar-refractivity contribution is 4.83. The van der Waals surface area contributed by atoms with Crippen molar-refractivity contribution in [2.45, 2.75) is 59.9 Å². The van der Waals surface area contributed by atoms with Crippen LogP contribution in [-0.4, -0.2) is 48.6 Å². The molecule has 0 radical (unpaired) electrons. The first kappa shape index (κ1) is 16.3. The third kappa shape index (κ3) is 4.21. The third-order valence-electron chi connectivity index (χ3n) is 5.91. The minimum absolute atomic E-state index is 0.722. The fourth-order valence-corrected chi connectivity index (χ4v) is 4.10. The maximum atomic E-state index is 2.76. The van der Waals surface area contributed by atoms with E-state index in [9.17, 15) is 0 Å². The topological polar surface area (TPSA) is 6.48 Å². The zero-order valence-electron chi connectivity index (χ0n) is 14.4. The lowest BCUT2D eigenvalue weighted by Crippen LogP contribution is -2.47. The van der Waals surface area contributed by atoms with Gasteiger partial charge in [0, 0.05) is 19.1 Å².